The third-order valence-electron chi connectivity index (χ3n) is 3.49. The molecule has 3 rings (SSSR count). The SMILES string of the molecule is Fc1cc2cc(OC(F)(F)c3c(F)cc(Br)cc3F)ccc2c(F)c1F. The fourth-order valence-electron chi connectivity index (χ4n) is 2.37. The summed E-state index contributed by atoms with van der Waals surface area (Å²) >= 11 is 2.76. The molecule has 0 saturated heterocycles. The molecule has 0 aliphatic carbocycles. The number of hydrogen-bond donors (Lipinski definition) is 0. The predicted octanol–water partition coefficient (Wildman–Crippen LogP) is 6.43. The third kappa shape index (κ3) is 3.23. The Labute approximate surface area is 150 Å². The molecule has 0 fully saturated rings. The third-order valence-corrected chi connectivity index (χ3v) is 3.95. The molecule has 0 aliphatic rings. The van der Waals surface area contributed by atoms with E-state index < -0.39 is 46.5 Å². The molecule has 1 nitrogen and oxygen atoms in total. The van der Waals surface area contributed by atoms with Crippen molar-refractivity contribution in [2.75, 3.05) is 0 Å². The van der Waals surface area contributed by atoms with Crippen molar-refractivity contribution in [3.8, 4) is 5.75 Å². The second-order valence-corrected chi connectivity index (χ2v) is 6.15. The van der Waals surface area contributed by atoms with Gasteiger partial charge in [0.2, 0.25) is 0 Å². The summed E-state index contributed by atoms with van der Waals surface area (Å²) in [6, 6.07) is 4.36. The van der Waals surface area contributed by atoms with E-state index >= 15 is 0 Å². The van der Waals surface area contributed by atoms with Crippen LogP contribution >= 0.6 is 15.9 Å². The first kappa shape index (κ1) is 18.5. The Morgan fingerprint density at radius 1 is 0.769 bits per heavy atom. The van der Waals surface area contributed by atoms with Gasteiger partial charge in [-0.3, -0.25) is 0 Å². The van der Waals surface area contributed by atoms with Crippen molar-refractivity contribution in [1.82, 2.24) is 0 Å². The number of halogens is 8. The van der Waals surface area contributed by atoms with Crippen LogP contribution in [0, 0.1) is 29.1 Å². The van der Waals surface area contributed by atoms with Gasteiger partial charge in [-0.2, -0.15) is 8.78 Å². The molecule has 0 unspecified atom stereocenters. The Bertz CT molecular complexity index is 997. The van der Waals surface area contributed by atoms with E-state index in [9.17, 15) is 30.7 Å². The lowest BCUT2D eigenvalue weighted by atomic mass is 10.1. The standard InChI is InChI=1S/C17H6BrF7O/c18-8-5-11(19)14(12(20)6-8)17(24,25)26-9-1-2-10-7(3-9)4-13(21)16(23)15(10)22/h1-6H. The zero-order chi connectivity index (χ0) is 19.2. The fraction of sp³-hybridized carbons (Fsp3) is 0.0588. The van der Waals surface area contributed by atoms with Gasteiger partial charge in [-0.25, -0.2) is 22.0 Å². The second-order valence-electron chi connectivity index (χ2n) is 5.23. The Hall–Kier alpha value is -2.29. The number of hydrogen-bond acceptors (Lipinski definition) is 1. The van der Waals surface area contributed by atoms with Crippen LogP contribution in [0.3, 0.4) is 0 Å². The molecule has 0 radical (unpaired) electrons. The van der Waals surface area contributed by atoms with Crippen LogP contribution in [-0.4, -0.2) is 0 Å². The normalized spacial score (nSPS) is 11.8. The maximum absolute atomic E-state index is 14.2. The van der Waals surface area contributed by atoms with E-state index in [1.54, 1.807) is 0 Å². The first-order valence-electron chi connectivity index (χ1n) is 6.89. The second kappa shape index (κ2) is 6.46. The van der Waals surface area contributed by atoms with Crippen molar-refractivity contribution in [1.29, 1.82) is 0 Å². The van der Waals surface area contributed by atoms with E-state index in [2.05, 4.69) is 20.7 Å². The monoisotopic (exact) mass is 438 g/mol. The molecule has 0 saturated carbocycles. The number of ether oxygens (including phenoxy) is 1. The van der Waals surface area contributed by atoms with Crippen LogP contribution < -0.4 is 4.74 Å². The minimum Gasteiger partial charge on any atom is -0.429 e. The van der Waals surface area contributed by atoms with Gasteiger partial charge >= 0.3 is 6.11 Å². The molecule has 0 amide bonds. The van der Waals surface area contributed by atoms with Gasteiger partial charge in [0.25, 0.3) is 0 Å². The maximum atomic E-state index is 14.2. The van der Waals surface area contributed by atoms with E-state index in [1.807, 2.05) is 0 Å². The van der Waals surface area contributed by atoms with E-state index in [1.165, 1.54) is 0 Å². The molecular formula is C17H6BrF7O. The van der Waals surface area contributed by atoms with Gasteiger partial charge in [0.1, 0.15) is 22.9 Å². The summed E-state index contributed by atoms with van der Waals surface area (Å²) < 4.78 is 100. The molecule has 0 aliphatic heterocycles. The van der Waals surface area contributed by atoms with Crippen LogP contribution in [0.4, 0.5) is 30.7 Å². The van der Waals surface area contributed by atoms with Crippen LogP contribution in [0.5, 0.6) is 5.75 Å². The minimum absolute atomic E-state index is 0.0919. The number of fused-ring (bicyclic) bond motifs is 1. The highest BCUT2D eigenvalue weighted by atomic mass is 79.9. The predicted molar refractivity (Wildman–Crippen MR) is 82.4 cm³/mol. The average Bonchev–Trinajstić information content (AvgIpc) is 2.50. The van der Waals surface area contributed by atoms with Gasteiger partial charge < -0.3 is 4.74 Å². The van der Waals surface area contributed by atoms with Gasteiger partial charge in [0.05, 0.1) is 0 Å². The molecule has 0 bridgehead atoms. The Kier molecular flexibility index (Phi) is 4.60. The van der Waals surface area contributed by atoms with Crippen LogP contribution in [-0.2, 0) is 6.11 Å². The summed E-state index contributed by atoms with van der Waals surface area (Å²) in [7, 11) is 0. The van der Waals surface area contributed by atoms with Crippen molar-refractivity contribution in [3.63, 3.8) is 0 Å². The Balaban J connectivity index is 2.04. The highest BCUT2D eigenvalue weighted by Crippen LogP contribution is 2.37. The molecule has 136 valence electrons. The molecule has 0 aromatic heterocycles. The lowest BCUT2D eigenvalue weighted by Crippen LogP contribution is -2.25. The van der Waals surface area contributed by atoms with Gasteiger partial charge in [0, 0.05) is 9.86 Å². The van der Waals surface area contributed by atoms with Gasteiger partial charge in [-0.15, -0.1) is 0 Å². The fourth-order valence-corrected chi connectivity index (χ4v) is 2.77. The summed E-state index contributed by atoms with van der Waals surface area (Å²) in [6.07, 6.45) is -4.42. The highest BCUT2D eigenvalue weighted by molar-refractivity contribution is 9.10. The molecule has 3 aromatic carbocycles. The Morgan fingerprint density at radius 2 is 1.38 bits per heavy atom. The lowest BCUT2D eigenvalue weighted by Gasteiger charge is -2.20. The number of alkyl halides is 2. The largest absolute Gasteiger partial charge is 0.432 e. The zero-order valence-electron chi connectivity index (χ0n) is 12.4. The minimum atomic E-state index is -4.42. The zero-order valence-corrected chi connectivity index (χ0v) is 14.0. The molecule has 26 heavy (non-hydrogen) atoms. The van der Waals surface area contributed by atoms with Crippen LogP contribution in [0.2, 0.25) is 0 Å². The van der Waals surface area contributed by atoms with Crippen molar-refractivity contribution in [3.05, 3.63) is 75.5 Å². The number of rotatable bonds is 3. The first-order chi connectivity index (χ1) is 12.1. The summed E-state index contributed by atoms with van der Waals surface area (Å²) in [6.45, 7) is 0. The summed E-state index contributed by atoms with van der Waals surface area (Å²) in [5.74, 6) is -8.47. The topological polar surface area (TPSA) is 9.23 Å². The number of benzene rings is 3. The van der Waals surface area contributed by atoms with Gasteiger partial charge in [-0.1, -0.05) is 15.9 Å². The lowest BCUT2D eigenvalue weighted by molar-refractivity contribution is -0.189. The smallest absolute Gasteiger partial charge is 0.429 e. The summed E-state index contributed by atoms with van der Waals surface area (Å²) in [4.78, 5) is 0. The average molecular weight is 439 g/mol. The van der Waals surface area contributed by atoms with Crippen molar-refractivity contribution in [2.45, 2.75) is 6.11 Å². The molecule has 9 heteroatoms. The van der Waals surface area contributed by atoms with Crippen molar-refractivity contribution >= 4 is 26.7 Å². The molecular weight excluding hydrogens is 433 g/mol. The first-order valence-corrected chi connectivity index (χ1v) is 7.68. The van der Waals surface area contributed by atoms with Crippen LogP contribution in [0.25, 0.3) is 10.8 Å². The van der Waals surface area contributed by atoms with Gasteiger partial charge in [0.15, 0.2) is 17.5 Å². The quantitative estimate of drug-likeness (QED) is 0.338. The van der Waals surface area contributed by atoms with Crippen LogP contribution in [0.15, 0.2) is 40.9 Å². The maximum Gasteiger partial charge on any atom is 0.432 e. The van der Waals surface area contributed by atoms with E-state index in [0.717, 1.165) is 18.2 Å². The molecule has 0 atom stereocenters. The van der Waals surface area contributed by atoms with Crippen molar-refractivity contribution in [2.24, 2.45) is 0 Å². The molecule has 0 spiro atoms. The molecule has 0 N–H and O–H groups in total. The van der Waals surface area contributed by atoms with Crippen molar-refractivity contribution < 1.29 is 35.5 Å². The highest BCUT2D eigenvalue weighted by Gasteiger charge is 2.41. The summed E-state index contributed by atoms with van der Waals surface area (Å²) in [5, 5.41) is -0.646. The summed E-state index contributed by atoms with van der Waals surface area (Å²) in [5.41, 5.74) is -1.63. The Morgan fingerprint density at radius 3 is 2.00 bits per heavy atom. The van der Waals surface area contributed by atoms with E-state index in [4.69, 9.17) is 0 Å². The van der Waals surface area contributed by atoms with Gasteiger partial charge in [-0.05, 0) is 41.8 Å². The van der Waals surface area contributed by atoms with Crippen LogP contribution in [0.1, 0.15) is 5.56 Å². The van der Waals surface area contributed by atoms with E-state index in [0.29, 0.717) is 18.2 Å². The molecule has 0 heterocycles. The molecule has 3 aromatic rings. The van der Waals surface area contributed by atoms with E-state index in [-0.39, 0.29) is 15.2 Å².